The summed E-state index contributed by atoms with van der Waals surface area (Å²) in [4.78, 5) is 6.31. The number of pyridine rings is 1. The Morgan fingerprint density at radius 3 is 2.83 bits per heavy atom. The van der Waals surface area contributed by atoms with Gasteiger partial charge in [-0.3, -0.25) is 0 Å². The van der Waals surface area contributed by atoms with Gasteiger partial charge in [0.05, 0.1) is 22.7 Å². The summed E-state index contributed by atoms with van der Waals surface area (Å²) < 4.78 is 0. The second-order valence-corrected chi connectivity index (χ2v) is 5.35. The molecule has 1 atom stereocenters. The fourth-order valence-electron chi connectivity index (χ4n) is 2.32. The monoisotopic (exact) mass is 289 g/mol. The van der Waals surface area contributed by atoms with Crippen LogP contribution in [-0.4, -0.2) is 29.3 Å². The van der Waals surface area contributed by atoms with Gasteiger partial charge in [-0.1, -0.05) is 36.0 Å². The van der Waals surface area contributed by atoms with Crippen molar-refractivity contribution in [2.75, 3.05) is 23.8 Å². The predicted octanol–water partition coefficient (Wildman–Crippen LogP) is 2.71. The van der Waals surface area contributed by atoms with Crippen molar-refractivity contribution >= 4 is 34.8 Å². The first-order valence-electron chi connectivity index (χ1n) is 6.12. The van der Waals surface area contributed by atoms with Gasteiger partial charge in [-0.05, 0) is 18.9 Å². The smallest absolute Gasteiger partial charge is 0.150 e. The third-order valence-corrected chi connectivity index (χ3v) is 3.88. The summed E-state index contributed by atoms with van der Waals surface area (Å²) in [7, 11) is 0. The van der Waals surface area contributed by atoms with E-state index >= 15 is 0 Å². The molecule has 3 N–H and O–H groups in total. The number of aliphatic hydroxyl groups excluding tert-OH is 1. The maximum absolute atomic E-state index is 9.49. The third-order valence-electron chi connectivity index (χ3n) is 3.30. The lowest BCUT2D eigenvalue weighted by Crippen LogP contribution is -2.38. The predicted molar refractivity (Wildman–Crippen MR) is 75.4 cm³/mol. The van der Waals surface area contributed by atoms with E-state index in [0.29, 0.717) is 15.9 Å². The zero-order chi connectivity index (χ0) is 13.1. The number of aromatic nitrogens is 1. The highest BCUT2D eigenvalue weighted by molar-refractivity contribution is 6.37. The van der Waals surface area contributed by atoms with Gasteiger partial charge in [-0.25, -0.2) is 4.98 Å². The molecule has 1 aliphatic heterocycles. The molecule has 0 spiro atoms. The molecule has 1 aromatic rings. The van der Waals surface area contributed by atoms with Crippen molar-refractivity contribution in [1.82, 2.24) is 4.98 Å². The Hall–Kier alpha value is -0.710. The SMILES string of the molecule is Nc1nc(N2CCCCCC2CO)c(Cl)cc1Cl. The number of aliphatic hydroxyl groups is 1. The lowest BCUT2D eigenvalue weighted by molar-refractivity contribution is 0.254. The van der Waals surface area contributed by atoms with Crippen molar-refractivity contribution in [1.29, 1.82) is 0 Å². The van der Waals surface area contributed by atoms with E-state index in [1.54, 1.807) is 6.07 Å². The zero-order valence-corrected chi connectivity index (χ0v) is 11.6. The first kappa shape index (κ1) is 13.7. The molecule has 0 bridgehead atoms. The standard InChI is InChI=1S/C12H17Cl2N3O/c13-9-6-10(14)12(16-11(9)15)17-5-3-1-2-4-8(17)7-18/h6,8,18H,1-5,7H2,(H2,15,16). The Labute approximate surface area is 117 Å². The summed E-state index contributed by atoms with van der Waals surface area (Å²) in [6, 6.07) is 1.66. The van der Waals surface area contributed by atoms with E-state index in [1.807, 2.05) is 4.90 Å². The van der Waals surface area contributed by atoms with Gasteiger partial charge in [0.25, 0.3) is 0 Å². The molecular formula is C12H17Cl2N3O. The molecule has 0 saturated carbocycles. The van der Waals surface area contributed by atoms with E-state index in [9.17, 15) is 5.11 Å². The largest absolute Gasteiger partial charge is 0.394 e. The van der Waals surface area contributed by atoms with Crippen LogP contribution in [0.4, 0.5) is 11.6 Å². The lowest BCUT2D eigenvalue weighted by Gasteiger charge is -2.30. The van der Waals surface area contributed by atoms with Crippen LogP contribution in [0.2, 0.25) is 10.0 Å². The quantitative estimate of drug-likeness (QED) is 0.879. The number of hydrogen-bond donors (Lipinski definition) is 2. The van der Waals surface area contributed by atoms with E-state index < -0.39 is 0 Å². The van der Waals surface area contributed by atoms with E-state index in [4.69, 9.17) is 28.9 Å². The molecule has 0 radical (unpaired) electrons. The minimum absolute atomic E-state index is 0.0538. The molecule has 0 aliphatic carbocycles. The average molecular weight is 290 g/mol. The van der Waals surface area contributed by atoms with Crippen LogP contribution in [0, 0.1) is 0 Å². The van der Waals surface area contributed by atoms with E-state index in [-0.39, 0.29) is 18.5 Å². The Balaban J connectivity index is 2.35. The number of rotatable bonds is 2. The second-order valence-electron chi connectivity index (χ2n) is 4.54. The van der Waals surface area contributed by atoms with Crippen molar-refractivity contribution in [2.45, 2.75) is 31.7 Å². The van der Waals surface area contributed by atoms with Gasteiger partial charge in [0.15, 0.2) is 0 Å². The van der Waals surface area contributed by atoms with Crippen LogP contribution in [0.1, 0.15) is 25.7 Å². The molecule has 1 aromatic heterocycles. The van der Waals surface area contributed by atoms with Gasteiger partial charge < -0.3 is 15.7 Å². The van der Waals surface area contributed by atoms with Crippen molar-refractivity contribution in [3.63, 3.8) is 0 Å². The first-order valence-corrected chi connectivity index (χ1v) is 6.88. The Morgan fingerprint density at radius 2 is 2.11 bits per heavy atom. The zero-order valence-electron chi connectivity index (χ0n) is 10.1. The summed E-state index contributed by atoms with van der Waals surface area (Å²) in [5, 5.41) is 10.3. The molecular weight excluding hydrogens is 273 g/mol. The van der Waals surface area contributed by atoms with Crippen LogP contribution < -0.4 is 10.6 Å². The fourth-order valence-corrected chi connectivity index (χ4v) is 2.79. The summed E-state index contributed by atoms with van der Waals surface area (Å²) in [6.07, 6.45) is 4.28. The number of halogens is 2. The van der Waals surface area contributed by atoms with Crippen molar-refractivity contribution < 1.29 is 5.11 Å². The van der Waals surface area contributed by atoms with Crippen LogP contribution in [0.5, 0.6) is 0 Å². The summed E-state index contributed by atoms with van der Waals surface area (Å²) in [5.74, 6) is 0.900. The van der Waals surface area contributed by atoms with Crippen LogP contribution >= 0.6 is 23.2 Å². The Bertz CT molecular complexity index is 428. The second kappa shape index (κ2) is 5.95. The number of nitrogens with zero attached hydrogens (tertiary/aromatic N) is 2. The van der Waals surface area contributed by atoms with E-state index in [2.05, 4.69) is 4.98 Å². The van der Waals surface area contributed by atoms with Crippen LogP contribution in [0.3, 0.4) is 0 Å². The molecule has 1 fully saturated rings. The molecule has 1 unspecified atom stereocenters. The van der Waals surface area contributed by atoms with Gasteiger partial charge in [0, 0.05) is 6.54 Å². The molecule has 2 rings (SSSR count). The van der Waals surface area contributed by atoms with Gasteiger partial charge in [-0.2, -0.15) is 0 Å². The molecule has 18 heavy (non-hydrogen) atoms. The van der Waals surface area contributed by atoms with E-state index in [1.165, 1.54) is 0 Å². The number of nitrogens with two attached hydrogens (primary N) is 1. The lowest BCUT2D eigenvalue weighted by atomic mass is 10.1. The third kappa shape index (κ3) is 2.82. The molecule has 4 nitrogen and oxygen atoms in total. The minimum Gasteiger partial charge on any atom is -0.394 e. The van der Waals surface area contributed by atoms with Gasteiger partial charge >= 0.3 is 0 Å². The van der Waals surface area contributed by atoms with Crippen molar-refractivity contribution in [3.8, 4) is 0 Å². The maximum atomic E-state index is 9.49. The molecule has 2 heterocycles. The molecule has 1 aliphatic rings. The molecule has 6 heteroatoms. The number of hydrogen-bond acceptors (Lipinski definition) is 4. The topological polar surface area (TPSA) is 62.4 Å². The van der Waals surface area contributed by atoms with Crippen LogP contribution in [0.25, 0.3) is 0 Å². The highest BCUT2D eigenvalue weighted by Gasteiger charge is 2.24. The number of anilines is 2. The Kier molecular flexibility index (Phi) is 4.54. The van der Waals surface area contributed by atoms with Crippen LogP contribution in [0.15, 0.2) is 6.07 Å². The summed E-state index contributed by atoms with van der Waals surface area (Å²) in [5.41, 5.74) is 5.73. The minimum atomic E-state index is 0.0538. The number of nitrogen functional groups attached to an aromatic ring is 1. The average Bonchev–Trinajstić information content (AvgIpc) is 2.58. The van der Waals surface area contributed by atoms with E-state index in [0.717, 1.165) is 32.2 Å². The highest BCUT2D eigenvalue weighted by Crippen LogP contribution is 2.33. The normalized spacial score (nSPS) is 20.8. The van der Waals surface area contributed by atoms with Gasteiger partial charge in [-0.15, -0.1) is 0 Å². The van der Waals surface area contributed by atoms with Gasteiger partial charge in [0.2, 0.25) is 0 Å². The summed E-state index contributed by atoms with van der Waals surface area (Å²) in [6.45, 7) is 0.930. The molecule has 0 amide bonds. The summed E-state index contributed by atoms with van der Waals surface area (Å²) >= 11 is 12.1. The molecule has 0 aromatic carbocycles. The molecule has 1 saturated heterocycles. The highest BCUT2D eigenvalue weighted by atomic mass is 35.5. The van der Waals surface area contributed by atoms with Crippen LogP contribution in [-0.2, 0) is 0 Å². The fraction of sp³-hybridized carbons (Fsp3) is 0.583. The maximum Gasteiger partial charge on any atom is 0.150 e. The Morgan fingerprint density at radius 1 is 1.33 bits per heavy atom. The molecule has 100 valence electrons. The van der Waals surface area contributed by atoms with Gasteiger partial charge in [0.1, 0.15) is 11.6 Å². The van der Waals surface area contributed by atoms with Crippen molar-refractivity contribution in [3.05, 3.63) is 16.1 Å². The van der Waals surface area contributed by atoms with Crippen molar-refractivity contribution in [2.24, 2.45) is 0 Å². The first-order chi connectivity index (χ1) is 8.63.